The number of fused-ring (bicyclic) bond motifs is 1. The van der Waals surface area contributed by atoms with Crippen LogP contribution in [0.15, 0.2) is 29.3 Å². The number of ether oxygens (including phenoxy) is 1. The average Bonchev–Trinajstić information content (AvgIpc) is 3.06. The molecule has 0 aromatic heterocycles. The number of aliphatic imine (C=N–C) groups is 1. The smallest absolute Gasteiger partial charge is 0.303 e. The van der Waals surface area contributed by atoms with E-state index in [2.05, 4.69) is 4.99 Å². The molecule has 0 radical (unpaired) electrons. The fraction of sp³-hybridized carbons (Fsp3) is 0.500. The zero-order valence-electron chi connectivity index (χ0n) is 15.4. The number of rotatable bonds is 7. The maximum atomic E-state index is 12.2. The highest BCUT2D eigenvalue weighted by Crippen LogP contribution is 2.41. The zero-order chi connectivity index (χ0) is 20.3. The van der Waals surface area contributed by atoms with Crippen LogP contribution in [0.3, 0.4) is 0 Å². The normalized spacial score (nSPS) is 24.3. The molecule has 2 saturated heterocycles. The molecule has 2 fully saturated rings. The fourth-order valence-corrected chi connectivity index (χ4v) is 7.22. The van der Waals surface area contributed by atoms with Gasteiger partial charge in [-0.05, 0) is 37.6 Å². The number of aliphatic carboxylic acids is 1. The first-order chi connectivity index (χ1) is 13.3. The maximum absolute atomic E-state index is 12.2. The molecule has 1 aromatic rings. The molecule has 2 heterocycles. The van der Waals surface area contributed by atoms with Crippen LogP contribution in [0.5, 0.6) is 5.75 Å². The first-order valence-electron chi connectivity index (χ1n) is 9.01. The van der Waals surface area contributed by atoms with Gasteiger partial charge in [0.15, 0.2) is 15.0 Å². The van der Waals surface area contributed by atoms with Gasteiger partial charge in [0.05, 0.1) is 24.2 Å². The summed E-state index contributed by atoms with van der Waals surface area (Å²) in [4.78, 5) is 28.8. The van der Waals surface area contributed by atoms with Crippen molar-refractivity contribution in [2.75, 3.05) is 23.0 Å². The summed E-state index contributed by atoms with van der Waals surface area (Å²) in [6.45, 7) is 2.43. The predicted molar refractivity (Wildman–Crippen MR) is 108 cm³/mol. The third-order valence-electron chi connectivity index (χ3n) is 4.49. The molecule has 0 spiro atoms. The molecule has 0 bridgehead atoms. The molecular weight excluding hydrogens is 404 g/mol. The molecule has 1 amide bonds. The first-order valence-corrected chi connectivity index (χ1v) is 11.7. The number of nitrogens with zero attached hydrogens (tertiary/aromatic N) is 2. The standard InChI is InChI=1S/C18H22N2O6S2/c1-2-26-13-8-6-12(7-9-13)20-14-10-28(24,25)11-15(14)27-18(20)19-16(21)4-3-5-17(22)23/h6-9,14-15H,2-5,10-11H2,1H3,(H,22,23)/t14-,15-/m1/s1. The molecule has 0 unspecified atom stereocenters. The van der Waals surface area contributed by atoms with Gasteiger partial charge in [-0.25, -0.2) is 8.42 Å². The summed E-state index contributed by atoms with van der Waals surface area (Å²) in [5.41, 5.74) is 0.748. The van der Waals surface area contributed by atoms with Crippen molar-refractivity contribution in [3.63, 3.8) is 0 Å². The fourth-order valence-electron chi connectivity index (χ4n) is 3.29. The van der Waals surface area contributed by atoms with Crippen molar-refractivity contribution in [2.45, 2.75) is 37.5 Å². The Morgan fingerprint density at radius 3 is 2.61 bits per heavy atom. The van der Waals surface area contributed by atoms with Gasteiger partial charge >= 0.3 is 5.97 Å². The minimum atomic E-state index is -3.13. The van der Waals surface area contributed by atoms with Crippen molar-refractivity contribution in [3.8, 4) is 5.75 Å². The van der Waals surface area contributed by atoms with Crippen LogP contribution in [-0.2, 0) is 19.4 Å². The summed E-state index contributed by atoms with van der Waals surface area (Å²) in [7, 11) is -3.13. The SMILES string of the molecule is CCOc1ccc(N2C(=NC(=O)CCCC(=O)O)S[C@@H]3CS(=O)(=O)C[C@H]32)cc1. The zero-order valence-corrected chi connectivity index (χ0v) is 17.0. The molecule has 2 aliphatic rings. The molecule has 10 heteroatoms. The van der Waals surface area contributed by atoms with E-state index in [1.165, 1.54) is 11.8 Å². The Bertz CT molecular complexity index is 882. The summed E-state index contributed by atoms with van der Waals surface area (Å²) in [5.74, 6) is -0.572. The maximum Gasteiger partial charge on any atom is 0.303 e. The highest BCUT2D eigenvalue weighted by Gasteiger charge is 2.49. The van der Waals surface area contributed by atoms with Gasteiger partial charge in [0.25, 0.3) is 0 Å². The van der Waals surface area contributed by atoms with E-state index >= 15 is 0 Å². The molecule has 2 aliphatic heterocycles. The highest BCUT2D eigenvalue weighted by atomic mass is 32.2. The molecule has 1 N–H and O–H groups in total. The molecule has 0 aliphatic carbocycles. The van der Waals surface area contributed by atoms with Gasteiger partial charge in [-0.1, -0.05) is 11.8 Å². The molecule has 3 rings (SSSR count). The van der Waals surface area contributed by atoms with Crippen molar-refractivity contribution < 1.29 is 27.9 Å². The summed E-state index contributed by atoms with van der Waals surface area (Å²) in [5, 5.41) is 8.98. The van der Waals surface area contributed by atoms with Crippen molar-refractivity contribution in [3.05, 3.63) is 24.3 Å². The van der Waals surface area contributed by atoms with Crippen LogP contribution < -0.4 is 9.64 Å². The van der Waals surface area contributed by atoms with Crippen LogP contribution in [-0.4, -0.2) is 60.0 Å². The molecule has 8 nitrogen and oxygen atoms in total. The number of amides is 1. The largest absolute Gasteiger partial charge is 0.494 e. The van der Waals surface area contributed by atoms with Crippen LogP contribution in [0, 0.1) is 0 Å². The van der Waals surface area contributed by atoms with Crippen LogP contribution in [0.1, 0.15) is 26.2 Å². The van der Waals surface area contributed by atoms with E-state index in [4.69, 9.17) is 9.84 Å². The van der Waals surface area contributed by atoms with Crippen LogP contribution >= 0.6 is 11.8 Å². The number of carboxylic acid groups (broad SMARTS) is 1. The second kappa shape index (κ2) is 8.52. The van der Waals surface area contributed by atoms with E-state index in [1.54, 1.807) is 12.1 Å². The Kier molecular flexibility index (Phi) is 6.29. The monoisotopic (exact) mass is 426 g/mol. The molecule has 0 saturated carbocycles. The average molecular weight is 427 g/mol. The quantitative estimate of drug-likeness (QED) is 0.704. The Balaban J connectivity index is 1.83. The Hall–Kier alpha value is -2.07. The van der Waals surface area contributed by atoms with E-state index in [9.17, 15) is 18.0 Å². The number of hydrogen-bond acceptors (Lipinski definition) is 6. The van der Waals surface area contributed by atoms with Crippen LogP contribution in [0.4, 0.5) is 5.69 Å². The number of amidine groups is 1. The summed E-state index contributed by atoms with van der Waals surface area (Å²) >= 11 is 1.30. The lowest BCUT2D eigenvalue weighted by Gasteiger charge is -2.24. The van der Waals surface area contributed by atoms with E-state index in [0.717, 1.165) is 5.69 Å². The predicted octanol–water partition coefficient (Wildman–Crippen LogP) is 1.94. The molecule has 28 heavy (non-hydrogen) atoms. The number of hydrogen-bond donors (Lipinski definition) is 1. The number of sulfone groups is 1. The molecule has 1 aromatic carbocycles. The van der Waals surface area contributed by atoms with Gasteiger partial charge in [0.1, 0.15) is 5.75 Å². The summed E-state index contributed by atoms with van der Waals surface area (Å²) < 4.78 is 29.6. The number of thioether (sulfide) groups is 1. The second-order valence-corrected chi connectivity index (χ2v) is 9.99. The Morgan fingerprint density at radius 2 is 1.96 bits per heavy atom. The van der Waals surface area contributed by atoms with Gasteiger partial charge in [-0.15, -0.1) is 0 Å². The summed E-state index contributed by atoms with van der Waals surface area (Å²) in [6, 6.07) is 6.96. The molecule has 152 valence electrons. The number of benzene rings is 1. The third-order valence-corrected chi connectivity index (χ3v) is 7.70. The lowest BCUT2D eigenvalue weighted by molar-refractivity contribution is -0.137. The lowest BCUT2D eigenvalue weighted by Crippen LogP contribution is -2.37. The van der Waals surface area contributed by atoms with Gasteiger partial charge in [0, 0.05) is 23.8 Å². The topological polar surface area (TPSA) is 113 Å². The van der Waals surface area contributed by atoms with E-state index in [-0.39, 0.29) is 42.1 Å². The number of anilines is 1. The minimum absolute atomic E-state index is 0.0180. The second-order valence-electron chi connectivity index (χ2n) is 6.63. The first kappa shape index (κ1) is 20.7. The van der Waals surface area contributed by atoms with Gasteiger partial charge < -0.3 is 14.7 Å². The van der Waals surface area contributed by atoms with Crippen molar-refractivity contribution in [2.24, 2.45) is 4.99 Å². The van der Waals surface area contributed by atoms with Crippen molar-refractivity contribution >= 4 is 44.3 Å². The van der Waals surface area contributed by atoms with E-state index in [0.29, 0.717) is 17.5 Å². The van der Waals surface area contributed by atoms with Crippen LogP contribution in [0.2, 0.25) is 0 Å². The highest BCUT2D eigenvalue weighted by molar-refractivity contribution is 8.16. The van der Waals surface area contributed by atoms with Gasteiger partial charge in [-0.3, -0.25) is 9.59 Å². The van der Waals surface area contributed by atoms with E-state index < -0.39 is 21.7 Å². The lowest BCUT2D eigenvalue weighted by atomic mass is 10.2. The Morgan fingerprint density at radius 1 is 1.25 bits per heavy atom. The van der Waals surface area contributed by atoms with Crippen molar-refractivity contribution in [1.82, 2.24) is 0 Å². The number of carboxylic acids is 1. The molecular formula is C18H22N2O6S2. The third kappa shape index (κ3) is 4.85. The number of carbonyl (C=O) groups excluding carboxylic acids is 1. The van der Waals surface area contributed by atoms with E-state index in [1.807, 2.05) is 24.0 Å². The Labute approximate surface area is 167 Å². The summed E-state index contributed by atoms with van der Waals surface area (Å²) in [6.07, 6.45) is 0.177. The molecule has 2 atom stereocenters. The van der Waals surface area contributed by atoms with Crippen molar-refractivity contribution in [1.29, 1.82) is 0 Å². The van der Waals surface area contributed by atoms with Crippen LogP contribution in [0.25, 0.3) is 0 Å². The van der Waals surface area contributed by atoms with Gasteiger partial charge in [0.2, 0.25) is 5.91 Å². The minimum Gasteiger partial charge on any atom is -0.494 e. The van der Waals surface area contributed by atoms with Gasteiger partial charge in [-0.2, -0.15) is 4.99 Å². The number of carbonyl (C=O) groups is 2.